The van der Waals surface area contributed by atoms with Crippen molar-refractivity contribution in [2.24, 2.45) is 12.5 Å². The molecule has 5 heteroatoms. The van der Waals surface area contributed by atoms with Gasteiger partial charge in [0.1, 0.15) is 0 Å². The molecule has 1 heterocycles. The van der Waals surface area contributed by atoms with Gasteiger partial charge in [-0.2, -0.15) is 0 Å². The topological polar surface area (TPSA) is 68.0 Å². The monoisotopic (exact) mass is 183 g/mol. The second-order valence-electron chi connectivity index (χ2n) is 3.71. The molecule has 13 heavy (non-hydrogen) atoms. The van der Waals surface area contributed by atoms with Crippen molar-refractivity contribution in [1.29, 1.82) is 0 Å². The van der Waals surface area contributed by atoms with Crippen molar-refractivity contribution in [2.75, 3.05) is 0 Å². The van der Waals surface area contributed by atoms with Gasteiger partial charge in [0, 0.05) is 13.5 Å². The summed E-state index contributed by atoms with van der Waals surface area (Å²) >= 11 is 0. The van der Waals surface area contributed by atoms with Crippen molar-refractivity contribution in [3.05, 3.63) is 11.9 Å². The fraction of sp³-hybridized carbons (Fsp3) is 0.625. The summed E-state index contributed by atoms with van der Waals surface area (Å²) in [6, 6.07) is 0. The molecule has 0 bridgehead atoms. The standard InChI is InChI=1S/C8H13N3O2/c1-8(2,7(12)13)4-6-5-9-10-11(6)3/h5H,4H2,1-3H3,(H,12,13). The van der Waals surface area contributed by atoms with Gasteiger partial charge in [0.15, 0.2) is 0 Å². The number of carbonyl (C=O) groups is 1. The number of nitrogens with zero attached hydrogens (tertiary/aromatic N) is 3. The molecular weight excluding hydrogens is 170 g/mol. The van der Waals surface area contributed by atoms with Crippen molar-refractivity contribution in [2.45, 2.75) is 20.3 Å². The van der Waals surface area contributed by atoms with Gasteiger partial charge in [-0.1, -0.05) is 5.21 Å². The van der Waals surface area contributed by atoms with E-state index in [2.05, 4.69) is 10.3 Å². The minimum atomic E-state index is -0.811. The quantitative estimate of drug-likeness (QED) is 0.739. The van der Waals surface area contributed by atoms with Crippen LogP contribution in [0.4, 0.5) is 0 Å². The van der Waals surface area contributed by atoms with E-state index in [9.17, 15) is 4.79 Å². The number of aryl methyl sites for hydroxylation is 1. The highest BCUT2D eigenvalue weighted by molar-refractivity contribution is 5.73. The van der Waals surface area contributed by atoms with Crippen LogP contribution in [0.2, 0.25) is 0 Å². The molecule has 0 spiro atoms. The van der Waals surface area contributed by atoms with Crippen LogP contribution in [-0.2, 0) is 18.3 Å². The molecule has 0 aliphatic rings. The maximum absolute atomic E-state index is 10.8. The first-order chi connectivity index (χ1) is 5.93. The minimum absolute atomic E-state index is 0.436. The molecule has 1 aromatic rings. The van der Waals surface area contributed by atoms with Crippen molar-refractivity contribution in [3.8, 4) is 0 Å². The molecule has 0 aliphatic heterocycles. The molecule has 0 saturated carbocycles. The highest BCUT2D eigenvalue weighted by Crippen LogP contribution is 2.20. The molecule has 0 atom stereocenters. The Labute approximate surface area is 76.4 Å². The number of aromatic nitrogens is 3. The van der Waals surface area contributed by atoms with Gasteiger partial charge in [-0.3, -0.25) is 9.48 Å². The van der Waals surface area contributed by atoms with Crippen LogP contribution in [0.5, 0.6) is 0 Å². The van der Waals surface area contributed by atoms with Crippen LogP contribution in [0, 0.1) is 5.41 Å². The second kappa shape index (κ2) is 3.16. The summed E-state index contributed by atoms with van der Waals surface area (Å²) in [5.74, 6) is -0.811. The summed E-state index contributed by atoms with van der Waals surface area (Å²) in [5, 5.41) is 16.3. The van der Waals surface area contributed by atoms with Gasteiger partial charge in [-0.05, 0) is 13.8 Å². The summed E-state index contributed by atoms with van der Waals surface area (Å²) in [4.78, 5) is 10.8. The molecule has 5 nitrogen and oxygen atoms in total. The first kappa shape index (κ1) is 9.70. The summed E-state index contributed by atoms with van der Waals surface area (Å²) in [6.45, 7) is 3.37. The lowest BCUT2D eigenvalue weighted by atomic mass is 9.88. The zero-order valence-electron chi connectivity index (χ0n) is 7.98. The number of hydrogen-bond acceptors (Lipinski definition) is 3. The van der Waals surface area contributed by atoms with Crippen LogP contribution in [0.15, 0.2) is 6.20 Å². The van der Waals surface area contributed by atoms with E-state index in [1.54, 1.807) is 31.8 Å². The second-order valence-corrected chi connectivity index (χ2v) is 3.71. The Kier molecular flexibility index (Phi) is 2.36. The first-order valence-corrected chi connectivity index (χ1v) is 4.00. The summed E-state index contributed by atoms with van der Waals surface area (Å²) in [7, 11) is 1.75. The Hall–Kier alpha value is -1.39. The molecule has 0 aliphatic carbocycles. The van der Waals surface area contributed by atoms with Gasteiger partial charge in [-0.25, -0.2) is 0 Å². The molecule has 0 unspecified atom stereocenters. The Morgan fingerprint density at radius 3 is 2.69 bits per heavy atom. The van der Waals surface area contributed by atoms with Gasteiger partial charge >= 0.3 is 5.97 Å². The molecule has 0 amide bonds. The largest absolute Gasteiger partial charge is 0.481 e. The Morgan fingerprint density at radius 2 is 2.31 bits per heavy atom. The average molecular weight is 183 g/mol. The van der Waals surface area contributed by atoms with Crippen LogP contribution in [0.25, 0.3) is 0 Å². The third-order valence-electron chi connectivity index (χ3n) is 2.01. The zero-order valence-corrected chi connectivity index (χ0v) is 7.98. The van der Waals surface area contributed by atoms with Crippen LogP contribution in [0.1, 0.15) is 19.5 Å². The Morgan fingerprint density at radius 1 is 1.69 bits per heavy atom. The molecule has 1 rings (SSSR count). The van der Waals surface area contributed by atoms with E-state index in [1.807, 2.05) is 0 Å². The first-order valence-electron chi connectivity index (χ1n) is 4.00. The number of rotatable bonds is 3. The summed E-state index contributed by atoms with van der Waals surface area (Å²) in [5.41, 5.74) is 0.0579. The summed E-state index contributed by atoms with van der Waals surface area (Å²) in [6.07, 6.45) is 2.02. The van der Waals surface area contributed by atoms with Gasteiger partial charge in [0.05, 0.1) is 17.3 Å². The smallest absolute Gasteiger partial charge is 0.309 e. The Bertz CT molecular complexity index is 317. The molecule has 72 valence electrons. The van der Waals surface area contributed by atoms with E-state index in [-0.39, 0.29) is 0 Å². The van der Waals surface area contributed by atoms with E-state index >= 15 is 0 Å². The van der Waals surface area contributed by atoms with E-state index in [0.29, 0.717) is 6.42 Å². The number of aliphatic carboxylic acids is 1. The SMILES string of the molecule is Cn1nncc1CC(C)(C)C(=O)O. The fourth-order valence-corrected chi connectivity index (χ4v) is 0.999. The highest BCUT2D eigenvalue weighted by atomic mass is 16.4. The van der Waals surface area contributed by atoms with E-state index < -0.39 is 11.4 Å². The summed E-state index contributed by atoms with van der Waals surface area (Å²) < 4.78 is 1.59. The molecule has 0 aromatic carbocycles. The predicted molar refractivity (Wildman–Crippen MR) is 46.1 cm³/mol. The molecule has 0 fully saturated rings. The van der Waals surface area contributed by atoms with Crippen molar-refractivity contribution >= 4 is 5.97 Å². The lowest BCUT2D eigenvalue weighted by Crippen LogP contribution is -2.27. The maximum atomic E-state index is 10.8. The van der Waals surface area contributed by atoms with Gasteiger partial charge < -0.3 is 5.11 Å². The van der Waals surface area contributed by atoms with E-state index in [0.717, 1.165) is 5.69 Å². The van der Waals surface area contributed by atoms with Crippen LogP contribution in [-0.4, -0.2) is 26.1 Å². The third kappa shape index (κ3) is 2.05. The van der Waals surface area contributed by atoms with Gasteiger partial charge in [0.2, 0.25) is 0 Å². The van der Waals surface area contributed by atoms with Gasteiger partial charge in [-0.15, -0.1) is 5.10 Å². The molecule has 1 aromatic heterocycles. The highest BCUT2D eigenvalue weighted by Gasteiger charge is 2.28. The van der Waals surface area contributed by atoms with Crippen molar-refractivity contribution in [3.63, 3.8) is 0 Å². The molecule has 0 saturated heterocycles. The normalized spacial score (nSPS) is 11.6. The molecular formula is C8H13N3O2. The van der Waals surface area contributed by atoms with Crippen molar-refractivity contribution < 1.29 is 9.90 Å². The number of carboxylic acids is 1. The van der Waals surface area contributed by atoms with Crippen LogP contribution >= 0.6 is 0 Å². The minimum Gasteiger partial charge on any atom is -0.481 e. The molecule has 1 N–H and O–H groups in total. The van der Waals surface area contributed by atoms with Crippen LogP contribution in [0.3, 0.4) is 0 Å². The molecule has 0 radical (unpaired) electrons. The predicted octanol–water partition coefficient (Wildman–Crippen LogP) is 0.468. The average Bonchev–Trinajstić information content (AvgIpc) is 2.35. The van der Waals surface area contributed by atoms with E-state index in [1.165, 1.54) is 0 Å². The van der Waals surface area contributed by atoms with Crippen molar-refractivity contribution in [1.82, 2.24) is 15.0 Å². The lowest BCUT2D eigenvalue weighted by molar-refractivity contribution is -0.146. The van der Waals surface area contributed by atoms with Gasteiger partial charge in [0.25, 0.3) is 0 Å². The fourth-order valence-electron chi connectivity index (χ4n) is 0.999. The number of hydrogen-bond donors (Lipinski definition) is 1. The lowest BCUT2D eigenvalue weighted by Gasteiger charge is -2.17. The Balaban J connectivity index is 2.80. The van der Waals surface area contributed by atoms with E-state index in [4.69, 9.17) is 5.11 Å². The maximum Gasteiger partial charge on any atom is 0.309 e. The third-order valence-corrected chi connectivity index (χ3v) is 2.01. The number of carboxylic acid groups (broad SMARTS) is 1. The zero-order chi connectivity index (χ0) is 10.1. The van der Waals surface area contributed by atoms with Crippen LogP contribution < -0.4 is 0 Å².